The van der Waals surface area contributed by atoms with Crippen molar-refractivity contribution in [2.24, 2.45) is 0 Å². The number of hydrogen-bond donors (Lipinski definition) is 1. The molecule has 0 fully saturated rings. The summed E-state index contributed by atoms with van der Waals surface area (Å²) in [7, 11) is 1.64. The SMILES string of the molecule is COCCOCCCOc1ccc(C(C)O)cc1Cl. The van der Waals surface area contributed by atoms with E-state index in [2.05, 4.69) is 0 Å². The highest BCUT2D eigenvalue weighted by Gasteiger charge is 2.06. The van der Waals surface area contributed by atoms with Crippen molar-refractivity contribution in [3.8, 4) is 5.75 Å². The fourth-order valence-electron chi connectivity index (χ4n) is 1.48. The third-order valence-electron chi connectivity index (χ3n) is 2.56. The van der Waals surface area contributed by atoms with Crippen LogP contribution in [0.3, 0.4) is 0 Å². The molecule has 1 aromatic carbocycles. The zero-order chi connectivity index (χ0) is 14.1. The van der Waals surface area contributed by atoms with Crippen molar-refractivity contribution in [2.75, 3.05) is 33.5 Å². The fraction of sp³-hybridized carbons (Fsp3) is 0.571. The molecule has 0 amide bonds. The van der Waals surface area contributed by atoms with Gasteiger partial charge in [-0.25, -0.2) is 0 Å². The summed E-state index contributed by atoms with van der Waals surface area (Å²) in [6.45, 7) is 4.07. The average Bonchev–Trinajstić information content (AvgIpc) is 2.39. The summed E-state index contributed by atoms with van der Waals surface area (Å²) in [4.78, 5) is 0. The van der Waals surface area contributed by atoms with Crippen LogP contribution in [0.5, 0.6) is 5.75 Å². The third-order valence-corrected chi connectivity index (χ3v) is 2.86. The van der Waals surface area contributed by atoms with Crippen LogP contribution in [0.15, 0.2) is 18.2 Å². The van der Waals surface area contributed by atoms with Crippen molar-refractivity contribution in [3.63, 3.8) is 0 Å². The summed E-state index contributed by atoms with van der Waals surface area (Å²) in [5.74, 6) is 0.628. The van der Waals surface area contributed by atoms with Crippen molar-refractivity contribution in [1.29, 1.82) is 0 Å². The number of ether oxygens (including phenoxy) is 3. The molecule has 0 aliphatic rings. The highest BCUT2D eigenvalue weighted by Crippen LogP contribution is 2.27. The average molecular weight is 289 g/mol. The number of benzene rings is 1. The molecule has 0 bridgehead atoms. The van der Waals surface area contributed by atoms with Gasteiger partial charge in [-0.1, -0.05) is 17.7 Å². The van der Waals surface area contributed by atoms with Gasteiger partial charge in [0.2, 0.25) is 0 Å². The molecular formula is C14H21ClO4. The van der Waals surface area contributed by atoms with E-state index in [4.69, 9.17) is 25.8 Å². The summed E-state index contributed by atoms with van der Waals surface area (Å²) in [6, 6.07) is 5.30. The Bertz CT molecular complexity index is 368. The second kappa shape index (κ2) is 9.15. The molecule has 1 atom stereocenters. The fourth-order valence-corrected chi connectivity index (χ4v) is 1.72. The summed E-state index contributed by atoms with van der Waals surface area (Å²) >= 11 is 6.07. The van der Waals surface area contributed by atoms with Crippen molar-refractivity contribution in [3.05, 3.63) is 28.8 Å². The molecule has 0 spiro atoms. The molecule has 0 radical (unpaired) electrons. The van der Waals surface area contributed by atoms with Gasteiger partial charge in [-0.05, 0) is 24.6 Å². The van der Waals surface area contributed by atoms with E-state index >= 15 is 0 Å². The number of hydrogen-bond acceptors (Lipinski definition) is 4. The van der Waals surface area contributed by atoms with Crippen molar-refractivity contribution in [1.82, 2.24) is 0 Å². The second-order valence-electron chi connectivity index (χ2n) is 4.17. The van der Waals surface area contributed by atoms with Crippen LogP contribution in [0.25, 0.3) is 0 Å². The molecule has 5 heteroatoms. The highest BCUT2D eigenvalue weighted by atomic mass is 35.5. The van der Waals surface area contributed by atoms with Crippen LogP contribution in [-0.2, 0) is 9.47 Å². The second-order valence-corrected chi connectivity index (χ2v) is 4.58. The molecule has 0 aliphatic heterocycles. The van der Waals surface area contributed by atoms with E-state index in [-0.39, 0.29) is 0 Å². The van der Waals surface area contributed by atoms with Gasteiger partial charge >= 0.3 is 0 Å². The summed E-state index contributed by atoms with van der Waals surface area (Å²) in [5.41, 5.74) is 0.778. The molecule has 0 heterocycles. The molecule has 0 saturated carbocycles. The van der Waals surface area contributed by atoms with Gasteiger partial charge in [-0.15, -0.1) is 0 Å². The minimum absolute atomic E-state index is 0.513. The normalized spacial score (nSPS) is 12.4. The van der Waals surface area contributed by atoms with Crippen molar-refractivity contribution >= 4 is 11.6 Å². The molecule has 108 valence electrons. The van der Waals surface area contributed by atoms with Crippen LogP contribution in [0.1, 0.15) is 25.0 Å². The lowest BCUT2D eigenvalue weighted by Crippen LogP contribution is -2.07. The first-order chi connectivity index (χ1) is 9.15. The van der Waals surface area contributed by atoms with Gasteiger partial charge in [-0.2, -0.15) is 0 Å². The Labute approximate surface area is 119 Å². The first kappa shape index (κ1) is 16.2. The van der Waals surface area contributed by atoms with Gasteiger partial charge in [0, 0.05) is 20.1 Å². The van der Waals surface area contributed by atoms with Gasteiger partial charge in [0.15, 0.2) is 0 Å². The predicted molar refractivity (Wildman–Crippen MR) is 74.9 cm³/mol. The first-order valence-corrected chi connectivity index (χ1v) is 6.70. The minimum atomic E-state index is -0.527. The van der Waals surface area contributed by atoms with Gasteiger partial charge in [0.05, 0.1) is 30.9 Å². The molecule has 1 N–H and O–H groups in total. The van der Waals surface area contributed by atoms with Gasteiger partial charge in [-0.3, -0.25) is 0 Å². The van der Waals surface area contributed by atoms with E-state index in [1.54, 1.807) is 32.2 Å². The van der Waals surface area contributed by atoms with Crippen molar-refractivity contribution < 1.29 is 19.3 Å². The zero-order valence-electron chi connectivity index (χ0n) is 11.4. The molecule has 1 rings (SSSR count). The molecule has 1 unspecified atom stereocenters. The number of aliphatic hydroxyl groups excluding tert-OH is 1. The van der Waals surface area contributed by atoms with Crippen LogP contribution in [0, 0.1) is 0 Å². The van der Waals surface area contributed by atoms with E-state index < -0.39 is 6.10 Å². The zero-order valence-corrected chi connectivity index (χ0v) is 12.2. The highest BCUT2D eigenvalue weighted by molar-refractivity contribution is 6.32. The number of halogens is 1. The largest absolute Gasteiger partial charge is 0.492 e. The number of aliphatic hydroxyl groups is 1. The Morgan fingerprint density at radius 3 is 2.63 bits per heavy atom. The van der Waals surface area contributed by atoms with E-state index in [0.717, 1.165) is 12.0 Å². The van der Waals surface area contributed by atoms with Crippen LogP contribution in [-0.4, -0.2) is 38.6 Å². The third kappa shape index (κ3) is 6.25. The maximum Gasteiger partial charge on any atom is 0.137 e. The monoisotopic (exact) mass is 288 g/mol. The summed E-state index contributed by atoms with van der Waals surface area (Å²) < 4.78 is 15.7. The topological polar surface area (TPSA) is 47.9 Å². The van der Waals surface area contributed by atoms with E-state index in [0.29, 0.717) is 37.2 Å². The Hall–Kier alpha value is -0.810. The summed E-state index contributed by atoms with van der Waals surface area (Å²) in [6.07, 6.45) is 0.263. The number of rotatable bonds is 9. The molecular weight excluding hydrogens is 268 g/mol. The summed E-state index contributed by atoms with van der Waals surface area (Å²) in [5, 5.41) is 9.94. The lowest BCUT2D eigenvalue weighted by Gasteiger charge is -2.11. The molecule has 0 aliphatic carbocycles. The Morgan fingerprint density at radius 1 is 1.21 bits per heavy atom. The lowest BCUT2D eigenvalue weighted by molar-refractivity contribution is 0.0644. The Balaban J connectivity index is 2.26. The van der Waals surface area contributed by atoms with Gasteiger partial charge < -0.3 is 19.3 Å². The minimum Gasteiger partial charge on any atom is -0.492 e. The van der Waals surface area contributed by atoms with Crippen LogP contribution in [0.2, 0.25) is 5.02 Å². The van der Waals surface area contributed by atoms with E-state index in [9.17, 15) is 5.11 Å². The maximum atomic E-state index is 9.43. The Kier molecular flexibility index (Phi) is 7.82. The standard InChI is InChI=1S/C14H21ClO4/c1-11(16)12-4-5-14(13(15)10-12)19-7-3-6-18-9-8-17-2/h4-5,10-11,16H,3,6-9H2,1-2H3. The first-order valence-electron chi connectivity index (χ1n) is 6.32. The van der Waals surface area contributed by atoms with Crippen LogP contribution >= 0.6 is 11.6 Å². The van der Waals surface area contributed by atoms with Gasteiger partial charge in [0.1, 0.15) is 5.75 Å². The molecule has 0 aromatic heterocycles. The van der Waals surface area contributed by atoms with Crippen LogP contribution in [0.4, 0.5) is 0 Å². The van der Waals surface area contributed by atoms with E-state index in [1.807, 2.05) is 0 Å². The Morgan fingerprint density at radius 2 is 2.00 bits per heavy atom. The van der Waals surface area contributed by atoms with Crippen molar-refractivity contribution in [2.45, 2.75) is 19.4 Å². The lowest BCUT2D eigenvalue weighted by atomic mass is 10.1. The number of methoxy groups -OCH3 is 1. The maximum absolute atomic E-state index is 9.43. The molecule has 1 aromatic rings. The quantitative estimate of drug-likeness (QED) is 0.710. The predicted octanol–water partition coefficient (Wildman–Crippen LogP) is 2.83. The van der Waals surface area contributed by atoms with E-state index in [1.165, 1.54) is 0 Å². The molecule has 19 heavy (non-hydrogen) atoms. The van der Waals surface area contributed by atoms with Gasteiger partial charge in [0.25, 0.3) is 0 Å². The van der Waals surface area contributed by atoms with Crippen LogP contribution < -0.4 is 4.74 Å². The smallest absolute Gasteiger partial charge is 0.137 e. The molecule has 4 nitrogen and oxygen atoms in total. The molecule has 0 saturated heterocycles.